The SMILES string of the molecule is NNC(=NC1CCCCC1)N1CCC(N2CCCC2)C1. The topological polar surface area (TPSA) is 56.9 Å². The molecule has 0 aromatic heterocycles. The van der Waals surface area contributed by atoms with Crippen molar-refractivity contribution < 1.29 is 0 Å². The van der Waals surface area contributed by atoms with Gasteiger partial charge in [0.15, 0.2) is 0 Å². The number of nitrogens with two attached hydrogens (primary N) is 1. The van der Waals surface area contributed by atoms with Gasteiger partial charge in [0, 0.05) is 19.1 Å². The fourth-order valence-electron chi connectivity index (χ4n) is 3.93. The molecule has 2 saturated heterocycles. The van der Waals surface area contributed by atoms with E-state index in [1.807, 2.05) is 0 Å². The van der Waals surface area contributed by atoms with Crippen LogP contribution in [0.2, 0.25) is 0 Å². The quantitative estimate of drug-likeness (QED) is 0.346. The average molecular weight is 279 g/mol. The van der Waals surface area contributed by atoms with Crippen LogP contribution in [-0.2, 0) is 0 Å². The van der Waals surface area contributed by atoms with Crippen molar-refractivity contribution in [1.29, 1.82) is 0 Å². The first-order valence-electron chi connectivity index (χ1n) is 8.40. The predicted molar refractivity (Wildman–Crippen MR) is 82.4 cm³/mol. The van der Waals surface area contributed by atoms with E-state index in [1.165, 1.54) is 64.5 Å². The summed E-state index contributed by atoms with van der Waals surface area (Å²) < 4.78 is 0. The smallest absolute Gasteiger partial charge is 0.208 e. The summed E-state index contributed by atoms with van der Waals surface area (Å²) in [7, 11) is 0. The van der Waals surface area contributed by atoms with Crippen LogP contribution in [0, 0.1) is 0 Å². The Morgan fingerprint density at radius 1 is 0.950 bits per heavy atom. The van der Waals surface area contributed by atoms with Gasteiger partial charge in [-0.2, -0.15) is 0 Å². The lowest BCUT2D eigenvalue weighted by atomic mass is 9.96. The number of nitrogens with one attached hydrogen (secondary N) is 1. The summed E-state index contributed by atoms with van der Waals surface area (Å²) in [6.45, 7) is 4.75. The third-order valence-electron chi connectivity index (χ3n) is 5.13. The van der Waals surface area contributed by atoms with E-state index in [2.05, 4.69) is 15.2 Å². The van der Waals surface area contributed by atoms with Crippen LogP contribution < -0.4 is 11.3 Å². The third-order valence-corrected chi connectivity index (χ3v) is 5.13. The number of nitrogens with zero attached hydrogens (tertiary/aromatic N) is 3. The Hall–Kier alpha value is -0.810. The van der Waals surface area contributed by atoms with Crippen molar-refractivity contribution in [1.82, 2.24) is 15.2 Å². The highest BCUT2D eigenvalue weighted by Gasteiger charge is 2.31. The third kappa shape index (κ3) is 3.26. The molecule has 3 N–H and O–H groups in total. The molecule has 3 rings (SSSR count). The summed E-state index contributed by atoms with van der Waals surface area (Å²) in [6.07, 6.45) is 10.5. The summed E-state index contributed by atoms with van der Waals surface area (Å²) in [5.41, 5.74) is 2.86. The molecule has 0 aromatic rings. The molecule has 3 aliphatic rings. The molecule has 5 nitrogen and oxygen atoms in total. The maximum absolute atomic E-state index is 5.73. The van der Waals surface area contributed by atoms with Crippen LogP contribution in [0.15, 0.2) is 4.99 Å². The molecule has 1 unspecified atom stereocenters. The van der Waals surface area contributed by atoms with Gasteiger partial charge in [0.1, 0.15) is 0 Å². The Labute approximate surface area is 122 Å². The minimum atomic E-state index is 0.487. The lowest BCUT2D eigenvalue weighted by molar-refractivity contribution is 0.249. The molecular weight excluding hydrogens is 250 g/mol. The standard InChI is InChI=1S/C15H29N5/c16-18-15(17-13-6-2-1-3-7-13)20-11-8-14(12-20)19-9-4-5-10-19/h13-14H,1-12,16H2,(H,17,18). The summed E-state index contributed by atoms with van der Waals surface area (Å²) in [5.74, 6) is 6.66. The van der Waals surface area contributed by atoms with E-state index in [9.17, 15) is 0 Å². The number of aliphatic imine (C=N–C) groups is 1. The zero-order chi connectivity index (χ0) is 13.8. The number of rotatable bonds is 2. The maximum Gasteiger partial charge on any atom is 0.208 e. The second-order valence-corrected chi connectivity index (χ2v) is 6.52. The second-order valence-electron chi connectivity index (χ2n) is 6.52. The van der Waals surface area contributed by atoms with Crippen molar-refractivity contribution in [3.05, 3.63) is 0 Å². The van der Waals surface area contributed by atoms with E-state index < -0.39 is 0 Å². The highest BCUT2D eigenvalue weighted by Crippen LogP contribution is 2.23. The molecule has 114 valence electrons. The Bertz CT molecular complexity index is 331. The molecule has 0 bridgehead atoms. The first-order valence-corrected chi connectivity index (χ1v) is 8.40. The molecule has 0 amide bonds. The second kappa shape index (κ2) is 6.76. The van der Waals surface area contributed by atoms with Crippen molar-refractivity contribution in [2.75, 3.05) is 26.2 Å². The average Bonchev–Trinajstić information content (AvgIpc) is 3.16. The van der Waals surface area contributed by atoms with Gasteiger partial charge in [-0.05, 0) is 45.2 Å². The van der Waals surface area contributed by atoms with E-state index in [1.54, 1.807) is 0 Å². The van der Waals surface area contributed by atoms with Crippen LogP contribution in [0.4, 0.5) is 0 Å². The largest absolute Gasteiger partial charge is 0.340 e. The zero-order valence-electron chi connectivity index (χ0n) is 12.6. The van der Waals surface area contributed by atoms with Gasteiger partial charge in [0.25, 0.3) is 0 Å². The van der Waals surface area contributed by atoms with Gasteiger partial charge < -0.3 is 4.90 Å². The van der Waals surface area contributed by atoms with Crippen molar-refractivity contribution in [2.24, 2.45) is 10.8 Å². The summed E-state index contributed by atoms with van der Waals surface area (Å²) in [6, 6.07) is 1.20. The van der Waals surface area contributed by atoms with E-state index >= 15 is 0 Å². The van der Waals surface area contributed by atoms with Gasteiger partial charge >= 0.3 is 0 Å². The summed E-state index contributed by atoms with van der Waals surface area (Å²) in [4.78, 5) is 9.89. The Kier molecular flexibility index (Phi) is 4.78. The van der Waals surface area contributed by atoms with Crippen molar-refractivity contribution >= 4 is 5.96 Å². The van der Waals surface area contributed by atoms with Crippen LogP contribution in [0.25, 0.3) is 0 Å². The minimum absolute atomic E-state index is 0.487. The molecule has 0 spiro atoms. The normalized spacial score (nSPS) is 30.1. The Balaban J connectivity index is 1.57. The van der Waals surface area contributed by atoms with Crippen molar-refractivity contribution in [2.45, 2.75) is 63.5 Å². The molecule has 5 heteroatoms. The van der Waals surface area contributed by atoms with Crippen LogP contribution in [0.1, 0.15) is 51.4 Å². The van der Waals surface area contributed by atoms with Gasteiger partial charge in [-0.3, -0.25) is 10.3 Å². The Morgan fingerprint density at radius 2 is 1.70 bits per heavy atom. The maximum atomic E-state index is 5.73. The predicted octanol–water partition coefficient (Wildman–Crippen LogP) is 1.31. The van der Waals surface area contributed by atoms with Crippen LogP contribution in [0.5, 0.6) is 0 Å². The summed E-state index contributed by atoms with van der Waals surface area (Å²) in [5, 5.41) is 0. The molecule has 2 heterocycles. The van der Waals surface area contributed by atoms with Crippen molar-refractivity contribution in [3.8, 4) is 0 Å². The molecule has 0 radical (unpaired) electrons. The Morgan fingerprint density at radius 3 is 2.40 bits per heavy atom. The molecule has 20 heavy (non-hydrogen) atoms. The zero-order valence-corrected chi connectivity index (χ0v) is 12.6. The highest BCUT2D eigenvalue weighted by atomic mass is 15.4. The summed E-state index contributed by atoms with van der Waals surface area (Å²) >= 11 is 0. The number of likely N-dealkylation sites (tertiary alicyclic amines) is 2. The number of hydrazine groups is 1. The van der Waals surface area contributed by atoms with Gasteiger partial charge in [0.05, 0.1) is 6.04 Å². The van der Waals surface area contributed by atoms with Crippen LogP contribution >= 0.6 is 0 Å². The molecule has 3 fully saturated rings. The first-order chi connectivity index (χ1) is 9.86. The fraction of sp³-hybridized carbons (Fsp3) is 0.933. The number of hydrogen-bond acceptors (Lipinski definition) is 3. The van der Waals surface area contributed by atoms with E-state index in [0.29, 0.717) is 12.1 Å². The lowest BCUT2D eigenvalue weighted by Gasteiger charge is -2.26. The molecular formula is C15H29N5. The molecule has 0 aromatic carbocycles. The fourth-order valence-corrected chi connectivity index (χ4v) is 3.93. The molecule has 1 aliphatic carbocycles. The molecule has 1 atom stereocenters. The van der Waals surface area contributed by atoms with Gasteiger partial charge in [0.2, 0.25) is 5.96 Å². The van der Waals surface area contributed by atoms with Crippen LogP contribution in [0.3, 0.4) is 0 Å². The van der Waals surface area contributed by atoms with Gasteiger partial charge in [-0.25, -0.2) is 10.8 Å². The number of guanidine groups is 1. The minimum Gasteiger partial charge on any atom is -0.340 e. The van der Waals surface area contributed by atoms with E-state index in [4.69, 9.17) is 10.8 Å². The monoisotopic (exact) mass is 279 g/mol. The number of hydrogen-bond donors (Lipinski definition) is 2. The van der Waals surface area contributed by atoms with Gasteiger partial charge in [-0.1, -0.05) is 19.3 Å². The van der Waals surface area contributed by atoms with Crippen LogP contribution in [-0.4, -0.2) is 54.0 Å². The molecule has 1 saturated carbocycles. The van der Waals surface area contributed by atoms with Gasteiger partial charge in [-0.15, -0.1) is 0 Å². The molecule has 2 aliphatic heterocycles. The van der Waals surface area contributed by atoms with Crippen molar-refractivity contribution in [3.63, 3.8) is 0 Å². The van der Waals surface area contributed by atoms with E-state index in [-0.39, 0.29) is 0 Å². The van der Waals surface area contributed by atoms with E-state index in [0.717, 1.165) is 19.0 Å². The lowest BCUT2D eigenvalue weighted by Crippen LogP contribution is -2.46. The first kappa shape index (κ1) is 14.1. The highest BCUT2D eigenvalue weighted by molar-refractivity contribution is 5.80.